The zero-order chi connectivity index (χ0) is 21.2. The van der Waals surface area contributed by atoms with Crippen molar-refractivity contribution in [2.45, 2.75) is 36.1 Å². The van der Waals surface area contributed by atoms with E-state index in [-0.39, 0.29) is 30.3 Å². The standard InChI is InChI=1S/C17H20ClF3N2O5S/c18-12-4-3-11(17(19,20)21)8-15(12)29(25,26)22-9-16(24)23-5-7-28-14(10-23)13-2-1-6-27-13/h3-4,8,13-14,22H,1-2,5-7,9-10H2. The first-order valence-electron chi connectivity index (χ1n) is 8.95. The average molecular weight is 457 g/mol. The molecule has 0 radical (unpaired) electrons. The number of sulfonamides is 1. The van der Waals surface area contributed by atoms with Gasteiger partial charge in [-0.2, -0.15) is 13.2 Å². The maximum absolute atomic E-state index is 12.9. The molecule has 12 heteroatoms. The lowest BCUT2D eigenvalue weighted by Gasteiger charge is -2.35. The summed E-state index contributed by atoms with van der Waals surface area (Å²) in [5.74, 6) is -0.511. The molecule has 0 bridgehead atoms. The van der Waals surface area contributed by atoms with Crippen LogP contribution in [0.25, 0.3) is 0 Å². The third-order valence-electron chi connectivity index (χ3n) is 4.79. The summed E-state index contributed by atoms with van der Waals surface area (Å²) >= 11 is 5.77. The second-order valence-corrected chi connectivity index (χ2v) is 8.91. The molecule has 3 rings (SSSR count). The van der Waals surface area contributed by atoms with Crippen molar-refractivity contribution in [1.82, 2.24) is 9.62 Å². The smallest absolute Gasteiger partial charge is 0.375 e. The molecule has 2 saturated heterocycles. The Morgan fingerprint density at radius 1 is 1.24 bits per heavy atom. The molecule has 1 amide bonds. The number of benzene rings is 1. The highest BCUT2D eigenvalue weighted by molar-refractivity contribution is 7.89. The molecule has 0 spiro atoms. The summed E-state index contributed by atoms with van der Waals surface area (Å²) in [5, 5.41) is -0.372. The van der Waals surface area contributed by atoms with Crippen LogP contribution >= 0.6 is 11.6 Å². The Labute approximate surface area is 171 Å². The van der Waals surface area contributed by atoms with Gasteiger partial charge in [-0.25, -0.2) is 13.1 Å². The van der Waals surface area contributed by atoms with Crippen LogP contribution in [-0.2, 0) is 30.5 Å². The Balaban J connectivity index is 1.65. The lowest BCUT2D eigenvalue weighted by molar-refractivity contribution is -0.143. The number of ether oxygens (including phenoxy) is 2. The van der Waals surface area contributed by atoms with Gasteiger partial charge in [0.15, 0.2) is 0 Å². The largest absolute Gasteiger partial charge is 0.416 e. The highest BCUT2D eigenvalue weighted by Crippen LogP contribution is 2.33. The van der Waals surface area contributed by atoms with Gasteiger partial charge in [-0.1, -0.05) is 11.6 Å². The van der Waals surface area contributed by atoms with Crippen LogP contribution in [0.5, 0.6) is 0 Å². The van der Waals surface area contributed by atoms with Gasteiger partial charge in [-0.05, 0) is 31.0 Å². The predicted molar refractivity (Wildman–Crippen MR) is 96.9 cm³/mol. The van der Waals surface area contributed by atoms with Crippen LogP contribution in [0.15, 0.2) is 23.1 Å². The number of carbonyl (C=O) groups is 1. The summed E-state index contributed by atoms with van der Waals surface area (Å²) in [6, 6.07) is 1.98. The molecule has 29 heavy (non-hydrogen) atoms. The quantitative estimate of drug-likeness (QED) is 0.733. The molecule has 2 aliphatic rings. The minimum Gasteiger partial charge on any atom is -0.375 e. The van der Waals surface area contributed by atoms with Crippen molar-refractivity contribution in [3.05, 3.63) is 28.8 Å². The van der Waals surface area contributed by atoms with Crippen LogP contribution in [0.2, 0.25) is 5.02 Å². The number of hydrogen-bond acceptors (Lipinski definition) is 5. The van der Waals surface area contributed by atoms with Crippen molar-refractivity contribution in [1.29, 1.82) is 0 Å². The van der Waals surface area contributed by atoms with Gasteiger partial charge in [-0.15, -0.1) is 0 Å². The van der Waals surface area contributed by atoms with Gasteiger partial charge in [0.25, 0.3) is 0 Å². The number of hydrogen-bond donors (Lipinski definition) is 1. The zero-order valence-electron chi connectivity index (χ0n) is 15.2. The van der Waals surface area contributed by atoms with E-state index < -0.39 is 39.1 Å². The number of amides is 1. The Bertz CT molecular complexity index is 859. The molecule has 1 aromatic rings. The second-order valence-electron chi connectivity index (χ2n) is 6.77. The first kappa shape index (κ1) is 22.3. The van der Waals surface area contributed by atoms with Gasteiger partial charge >= 0.3 is 6.18 Å². The predicted octanol–water partition coefficient (Wildman–Crippen LogP) is 2.04. The SMILES string of the molecule is O=C(CNS(=O)(=O)c1cc(C(F)(F)F)ccc1Cl)N1CCOC(C2CCCO2)C1. The lowest BCUT2D eigenvalue weighted by Crippen LogP contribution is -2.52. The molecule has 1 N–H and O–H groups in total. The van der Waals surface area contributed by atoms with Crippen LogP contribution in [0.1, 0.15) is 18.4 Å². The van der Waals surface area contributed by atoms with E-state index in [9.17, 15) is 26.4 Å². The van der Waals surface area contributed by atoms with E-state index >= 15 is 0 Å². The summed E-state index contributed by atoms with van der Waals surface area (Å²) in [5.41, 5.74) is -1.15. The topological polar surface area (TPSA) is 84.9 Å². The van der Waals surface area contributed by atoms with E-state index in [0.717, 1.165) is 18.9 Å². The van der Waals surface area contributed by atoms with E-state index in [0.29, 0.717) is 25.3 Å². The van der Waals surface area contributed by atoms with E-state index in [1.54, 1.807) is 0 Å². The van der Waals surface area contributed by atoms with Crippen LogP contribution in [-0.4, -0.2) is 64.3 Å². The first-order valence-corrected chi connectivity index (χ1v) is 10.8. The molecular formula is C17H20ClF3N2O5S. The Morgan fingerprint density at radius 3 is 2.62 bits per heavy atom. The maximum Gasteiger partial charge on any atom is 0.416 e. The molecule has 2 atom stereocenters. The van der Waals surface area contributed by atoms with Crippen molar-refractivity contribution in [2.75, 3.05) is 32.8 Å². The van der Waals surface area contributed by atoms with Crippen LogP contribution in [0.3, 0.4) is 0 Å². The number of alkyl halides is 3. The highest BCUT2D eigenvalue weighted by atomic mass is 35.5. The number of rotatable bonds is 5. The van der Waals surface area contributed by atoms with Crippen LogP contribution in [0.4, 0.5) is 13.2 Å². The fourth-order valence-electron chi connectivity index (χ4n) is 3.25. The minimum atomic E-state index is -4.73. The molecule has 2 fully saturated rings. The normalized spacial score (nSPS) is 23.4. The van der Waals surface area contributed by atoms with Gasteiger partial charge < -0.3 is 14.4 Å². The molecule has 2 heterocycles. The number of nitrogens with zero attached hydrogens (tertiary/aromatic N) is 1. The van der Waals surface area contributed by atoms with Crippen LogP contribution in [0, 0.1) is 0 Å². The third-order valence-corrected chi connectivity index (χ3v) is 6.67. The summed E-state index contributed by atoms with van der Waals surface area (Å²) in [7, 11) is -4.42. The number of nitrogens with one attached hydrogen (secondary N) is 1. The van der Waals surface area contributed by atoms with Crippen molar-refractivity contribution in [2.24, 2.45) is 0 Å². The lowest BCUT2D eigenvalue weighted by atomic mass is 10.1. The van der Waals surface area contributed by atoms with E-state index in [1.165, 1.54) is 4.90 Å². The molecule has 7 nitrogen and oxygen atoms in total. The summed E-state index contributed by atoms with van der Waals surface area (Å²) < 4.78 is 76.7. The van der Waals surface area contributed by atoms with E-state index in [1.807, 2.05) is 4.72 Å². The van der Waals surface area contributed by atoms with Gasteiger partial charge in [0.2, 0.25) is 15.9 Å². The summed E-state index contributed by atoms with van der Waals surface area (Å²) in [6.45, 7) is 0.870. The molecular weight excluding hydrogens is 437 g/mol. The summed E-state index contributed by atoms with van der Waals surface area (Å²) in [6.07, 6.45) is -3.38. The number of halogens is 4. The molecule has 0 saturated carbocycles. The van der Waals surface area contributed by atoms with Gasteiger partial charge in [0, 0.05) is 19.7 Å². The van der Waals surface area contributed by atoms with Crippen LogP contribution < -0.4 is 4.72 Å². The summed E-state index contributed by atoms with van der Waals surface area (Å²) in [4.78, 5) is 13.2. The number of carbonyl (C=O) groups excluding carboxylic acids is 1. The molecule has 0 aromatic heterocycles. The molecule has 0 aliphatic carbocycles. The van der Waals surface area contributed by atoms with E-state index in [2.05, 4.69) is 0 Å². The Kier molecular flexibility index (Phi) is 6.74. The molecule has 162 valence electrons. The fraction of sp³-hybridized carbons (Fsp3) is 0.588. The Morgan fingerprint density at radius 2 is 1.97 bits per heavy atom. The van der Waals surface area contributed by atoms with Crippen molar-refractivity contribution in [3.8, 4) is 0 Å². The Hall–Kier alpha value is -1.40. The van der Waals surface area contributed by atoms with Crippen molar-refractivity contribution < 1.29 is 35.9 Å². The van der Waals surface area contributed by atoms with Crippen molar-refractivity contribution in [3.63, 3.8) is 0 Å². The minimum absolute atomic E-state index is 0.105. The zero-order valence-corrected chi connectivity index (χ0v) is 16.8. The van der Waals surface area contributed by atoms with Gasteiger partial charge in [-0.3, -0.25) is 4.79 Å². The average Bonchev–Trinajstić information content (AvgIpc) is 3.20. The third kappa shape index (κ3) is 5.40. The molecule has 1 aromatic carbocycles. The monoisotopic (exact) mass is 456 g/mol. The van der Waals surface area contributed by atoms with Gasteiger partial charge in [0.1, 0.15) is 11.0 Å². The molecule has 2 unspecified atom stereocenters. The fourth-order valence-corrected chi connectivity index (χ4v) is 4.75. The van der Waals surface area contributed by atoms with E-state index in [4.69, 9.17) is 21.1 Å². The number of morpholine rings is 1. The van der Waals surface area contributed by atoms with Crippen molar-refractivity contribution >= 4 is 27.5 Å². The maximum atomic E-state index is 12.9. The van der Waals surface area contributed by atoms with Gasteiger partial charge in [0.05, 0.1) is 29.8 Å². The highest BCUT2D eigenvalue weighted by Gasteiger charge is 2.34. The second kappa shape index (κ2) is 8.76. The first-order chi connectivity index (χ1) is 13.6. The molecule has 2 aliphatic heterocycles.